The largest absolute Gasteiger partial charge is 0.345 e. The summed E-state index contributed by atoms with van der Waals surface area (Å²) in [7, 11) is 0. The lowest BCUT2D eigenvalue weighted by Crippen LogP contribution is -2.30. The zero-order valence-electron chi connectivity index (χ0n) is 14.3. The first-order valence-electron chi connectivity index (χ1n) is 8.75. The summed E-state index contributed by atoms with van der Waals surface area (Å²) in [5.41, 5.74) is 5.98. The number of fused-ring (bicyclic) bond motifs is 1. The molecule has 2 aromatic carbocycles. The van der Waals surface area contributed by atoms with Gasteiger partial charge < -0.3 is 5.32 Å². The van der Waals surface area contributed by atoms with E-state index in [0.29, 0.717) is 0 Å². The van der Waals surface area contributed by atoms with Crippen LogP contribution in [0.25, 0.3) is 11.1 Å². The fraction of sp³-hybridized carbons (Fsp3) is 0.227. The molecule has 25 heavy (non-hydrogen) atoms. The van der Waals surface area contributed by atoms with Gasteiger partial charge in [0.1, 0.15) is 0 Å². The minimum atomic E-state index is 0.0345. The average Bonchev–Trinajstić information content (AvgIpc) is 3.12. The van der Waals surface area contributed by atoms with Crippen molar-refractivity contribution < 1.29 is 4.79 Å². The summed E-state index contributed by atoms with van der Waals surface area (Å²) in [6.45, 7) is 2.07. The minimum absolute atomic E-state index is 0.0345. The van der Waals surface area contributed by atoms with Gasteiger partial charge in [-0.15, -0.1) is 11.3 Å². The maximum Gasteiger partial charge on any atom is 0.262 e. The van der Waals surface area contributed by atoms with Crippen LogP contribution >= 0.6 is 11.3 Å². The lowest BCUT2D eigenvalue weighted by Gasteiger charge is -2.26. The molecular formula is C22H21NOS. The van der Waals surface area contributed by atoms with E-state index in [1.54, 1.807) is 0 Å². The number of rotatable bonds is 3. The Morgan fingerprint density at radius 3 is 2.72 bits per heavy atom. The van der Waals surface area contributed by atoms with E-state index in [1.165, 1.54) is 28.0 Å². The van der Waals surface area contributed by atoms with Crippen LogP contribution in [0.2, 0.25) is 0 Å². The Bertz CT molecular complexity index is 894. The van der Waals surface area contributed by atoms with Gasteiger partial charge in [0.25, 0.3) is 5.91 Å². The fourth-order valence-corrected chi connectivity index (χ4v) is 4.39. The van der Waals surface area contributed by atoms with Crippen molar-refractivity contribution in [2.75, 3.05) is 0 Å². The molecule has 3 aromatic rings. The van der Waals surface area contributed by atoms with E-state index in [4.69, 9.17) is 0 Å². The highest BCUT2D eigenvalue weighted by Gasteiger charge is 2.23. The molecule has 2 nitrogen and oxygen atoms in total. The van der Waals surface area contributed by atoms with E-state index in [9.17, 15) is 4.79 Å². The van der Waals surface area contributed by atoms with Gasteiger partial charge in [0.2, 0.25) is 0 Å². The molecule has 1 aliphatic carbocycles. The molecule has 4 rings (SSSR count). The van der Waals surface area contributed by atoms with Crippen LogP contribution in [-0.4, -0.2) is 5.91 Å². The van der Waals surface area contributed by atoms with Gasteiger partial charge in [-0.05, 0) is 54.3 Å². The van der Waals surface area contributed by atoms with Crippen LogP contribution in [0, 0.1) is 6.92 Å². The number of hydrogen-bond acceptors (Lipinski definition) is 2. The molecule has 0 unspecified atom stereocenters. The average molecular weight is 347 g/mol. The summed E-state index contributed by atoms with van der Waals surface area (Å²) in [4.78, 5) is 13.7. The molecule has 126 valence electrons. The third-order valence-electron chi connectivity index (χ3n) is 4.91. The maximum atomic E-state index is 12.9. The van der Waals surface area contributed by atoms with Crippen LogP contribution in [0.3, 0.4) is 0 Å². The van der Waals surface area contributed by atoms with E-state index >= 15 is 0 Å². The second-order valence-corrected chi connectivity index (χ2v) is 7.56. The third kappa shape index (κ3) is 3.24. The smallest absolute Gasteiger partial charge is 0.262 e. The summed E-state index contributed by atoms with van der Waals surface area (Å²) >= 11 is 1.51. The van der Waals surface area contributed by atoms with E-state index in [1.807, 2.05) is 11.4 Å². The van der Waals surface area contributed by atoms with Crippen molar-refractivity contribution in [3.8, 4) is 11.1 Å². The van der Waals surface area contributed by atoms with Gasteiger partial charge in [0.15, 0.2) is 0 Å². The Balaban J connectivity index is 1.59. The van der Waals surface area contributed by atoms with Gasteiger partial charge in [0, 0.05) is 5.56 Å². The summed E-state index contributed by atoms with van der Waals surface area (Å²) in [6, 6.07) is 19.0. The predicted molar refractivity (Wildman–Crippen MR) is 104 cm³/mol. The van der Waals surface area contributed by atoms with E-state index in [0.717, 1.165) is 35.3 Å². The van der Waals surface area contributed by atoms with Crippen molar-refractivity contribution in [2.45, 2.75) is 32.2 Å². The van der Waals surface area contributed by atoms with Crippen LogP contribution in [-0.2, 0) is 6.42 Å². The van der Waals surface area contributed by atoms with E-state index in [2.05, 4.69) is 60.8 Å². The van der Waals surface area contributed by atoms with Gasteiger partial charge in [-0.3, -0.25) is 4.79 Å². The minimum Gasteiger partial charge on any atom is -0.345 e. The molecule has 1 N–H and O–H groups in total. The van der Waals surface area contributed by atoms with Gasteiger partial charge in [0.05, 0.1) is 10.9 Å². The van der Waals surface area contributed by atoms with Crippen molar-refractivity contribution in [3.05, 3.63) is 81.5 Å². The molecule has 0 spiro atoms. The van der Waals surface area contributed by atoms with Crippen LogP contribution in [0.5, 0.6) is 0 Å². The SMILES string of the molecule is Cc1ccc(-c2ccsc2C(=O)N[C@@H]2CCCc3ccccc32)cc1. The van der Waals surface area contributed by atoms with Crippen molar-refractivity contribution in [1.29, 1.82) is 0 Å². The standard InChI is InChI=1S/C22H21NOS/c1-15-9-11-17(12-10-15)19-13-14-25-21(19)22(24)23-20-8-4-6-16-5-2-3-7-18(16)20/h2-3,5,7,9-14,20H,4,6,8H2,1H3,(H,23,24)/t20-/m1/s1. The van der Waals surface area contributed by atoms with Crippen LogP contribution < -0.4 is 5.32 Å². The Morgan fingerprint density at radius 1 is 1.08 bits per heavy atom. The summed E-state index contributed by atoms with van der Waals surface area (Å²) < 4.78 is 0. The van der Waals surface area contributed by atoms with E-state index in [-0.39, 0.29) is 11.9 Å². The molecule has 1 atom stereocenters. The number of aryl methyl sites for hydroxylation is 2. The number of hydrogen-bond donors (Lipinski definition) is 1. The molecule has 1 heterocycles. The lowest BCUT2D eigenvalue weighted by atomic mass is 9.87. The quantitative estimate of drug-likeness (QED) is 0.663. The Morgan fingerprint density at radius 2 is 1.88 bits per heavy atom. The van der Waals surface area contributed by atoms with Gasteiger partial charge >= 0.3 is 0 Å². The zero-order chi connectivity index (χ0) is 17.2. The zero-order valence-corrected chi connectivity index (χ0v) is 15.1. The van der Waals surface area contributed by atoms with Crippen LogP contribution in [0.4, 0.5) is 0 Å². The highest BCUT2D eigenvalue weighted by molar-refractivity contribution is 7.12. The molecule has 1 aliphatic rings. The second kappa shape index (κ2) is 6.85. The third-order valence-corrected chi connectivity index (χ3v) is 5.82. The molecule has 1 amide bonds. The number of benzene rings is 2. The van der Waals surface area contributed by atoms with Gasteiger partial charge in [-0.25, -0.2) is 0 Å². The lowest BCUT2D eigenvalue weighted by molar-refractivity contribution is 0.0937. The molecule has 0 bridgehead atoms. The van der Waals surface area contributed by atoms with Crippen LogP contribution in [0.1, 0.15) is 45.2 Å². The molecular weight excluding hydrogens is 326 g/mol. The highest BCUT2D eigenvalue weighted by atomic mass is 32.1. The van der Waals surface area contributed by atoms with E-state index < -0.39 is 0 Å². The molecule has 0 aliphatic heterocycles. The highest BCUT2D eigenvalue weighted by Crippen LogP contribution is 2.32. The molecule has 0 radical (unpaired) electrons. The Labute approximate surface area is 152 Å². The first-order chi connectivity index (χ1) is 12.2. The monoisotopic (exact) mass is 347 g/mol. The van der Waals surface area contributed by atoms with Crippen molar-refractivity contribution in [1.82, 2.24) is 5.32 Å². The normalized spacial score (nSPS) is 16.3. The van der Waals surface area contributed by atoms with Crippen molar-refractivity contribution in [3.63, 3.8) is 0 Å². The number of nitrogens with one attached hydrogen (secondary N) is 1. The maximum absolute atomic E-state index is 12.9. The van der Waals surface area contributed by atoms with Crippen LogP contribution in [0.15, 0.2) is 60.0 Å². The Kier molecular flexibility index (Phi) is 4.41. The number of carbonyl (C=O) groups is 1. The molecule has 0 saturated carbocycles. The molecule has 1 aromatic heterocycles. The fourth-order valence-electron chi connectivity index (χ4n) is 3.57. The second-order valence-electron chi connectivity index (χ2n) is 6.65. The first kappa shape index (κ1) is 16.1. The number of thiophene rings is 1. The topological polar surface area (TPSA) is 29.1 Å². The molecule has 0 fully saturated rings. The Hall–Kier alpha value is -2.39. The first-order valence-corrected chi connectivity index (χ1v) is 9.63. The van der Waals surface area contributed by atoms with Gasteiger partial charge in [-0.1, -0.05) is 54.1 Å². The molecule has 0 saturated heterocycles. The number of carbonyl (C=O) groups excluding carboxylic acids is 1. The summed E-state index contributed by atoms with van der Waals surface area (Å²) in [5, 5.41) is 5.27. The summed E-state index contributed by atoms with van der Waals surface area (Å²) in [5.74, 6) is 0.0345. The molecule has 3 heteroatoms. The van der Waals surface area contributed by atoms with Crippen molar-refractivity contribution in [2.24, 2.45) is 0 Å². The number of amides is 1. The van der Waals surface area contributed by atoms with Crippen molar-refractivity contribution >= 4 is 17.2 Å². The van der Waals surface area contributed by atoms with Gasteiger partial charge in [-0.2, -0.15) is 0 Å². The summed E-state index contributed by atoms with van der Waals surface area (Å²) in [6.07, 6.45) is 3.24. The predicted octanol–water partition coefficient (Wildman–Crippen LogP) is 5.53.